The second-order valence-electron chi connectivity index (χ2n) is 2.67. The fourth-order valence-corrected chi connectivity index (χ4v) is 1.31. The normalized spacial score (nSPS) is 9.57. The van der Waals surface area contributed by atoms with Crippen molar-refractivity contribution in [2.45, 2.75) is 6.92 Å². The average Bonchev–Trinajstić information content (AvgIpc) is 2.17. The SMILES string of the molecule is CCOC(=O)CNc1ccc(I)cc1. The van der Waals surface area contributed by atoms with Gasteiger partial charge in [-0.1, -0.05) is 0 Å². The van der Waals surface area contributed by atoms with Crippen molar-refractivity contribution in [2.24, 2.45) is 0 Å². The van der Waals surface area contributed by atoms with E-state index in [9.17, 15) is 4.79 Å². The molecule has 4 heteroatoms. The summed E-state index contributed by atoms with van der Waals surface area (Å²) in [5.74, 6) is -0.231. The number of carbonyl (C=O) groups excluding carboxylic acids is 1. The lowest BCUT2D eigenvalue weighted by Gasteiger charge is -2.05. The van der Waals surface area contributed by atoms with E-state index in [-0.39, 0.29) is 12.5 Å². The van der Waals surface area contributed by atoms with Crippen molar-refractivity contribution in [3.8, 4) is 0 Å². The standard InChI is InChI=1S/C10H12INO2/c1-2-14-10(13)7-12-9-5-3-8(11)4-6-9/h3-6,12H,2,7H2,1H3. The lowest BCUT2D eigenvalue weighted by atomic mass is 10.3. The summed E-state index contributed by atoms with van der Waals surface area (Å²) in [6.07, 6.45) is 0. The number of hydrogen-bond acceptors (Lipinski definition) is 3. The molecule has 0 atom stereocenters. The van der Waals surface area contributed by atoms with Gasteiger partial charge in [0.2, 0.25) is 0 Å². The van der Waals surface area contributed by atoms with Gasteiger partial charge < -0.3 is 10.1 Å². The van der Waals surface area contributed by atoms with Crippen LogP contribution in [0.1, 0.15) is 6.92 Å². The van der Waals surface area contributed by atoms with Gasteiger partial charge in [0, 0.05) is 9.26 Å². The second kappa shape index (κ2) is 5.85. The fourth-order valence-electron chi connectivity index (χ4n) is 0.954. The lowest BCUT2D eigenvalue weighted by Crippen LogP contribution is -2.16. The van der Waals surface area contributed by atoms with Gasteiger partial charge in [-0.3, -0.25) is 4.79 Å². The number of carbonyl (C=O) groups is 1. The summed E-state index contributed by atoms with van der Waals surface area (Å²) in [7, 11) is 0. The molecule has 0 aliphatic rings. The molecule has 0 bridgehead atoms. The minimum absolute atomic E-state index is 0.217. The van der Waals surface area contributed by atoms with E-state index in [1.807, 2.05) is 24.3 Å². The number of hydrogen-bond donors (Lipinski definition) is 1. The Morgan fingerprint density at radius 1 is 1.43 bits per heavy atom. The quantitative estimate of drug-likeness (QED) is 0.685. The molecule has 0 unspecified atom stereocenters. The van der Waals surface area contributed by atoms with Crippen molar-refractivity contribution in [1.82, 2.24) is 0 Å². The van der Waals surface area contributed by atoms with Gasteiger partial charge >= 0.3 is 5.97 Å². The highest BCUT2D eigenvalue weighted by Crippen LogP contribution is 2.10. The Balaban J connectivity index is 2.38. The summed E-state index contributed by atoms with van der Waals surface area (Å²) in [4.78, 5) is 11.0. The highest BCUT2D eigenvalue weighted by Gasteiger charge is 2.00. The molecule has 14 heavy (non-hydrogen) atoms. The molecule has 76 valence electrons. The maximum Gasteiger partial charge on any atom is 0.325 e. The molecule has 0 radical (unpaired) electrons. The van der Waals surface area contributed by atoms with Gasteiger partial charge in [-0.25, -0.2) is 0 Å². The molecule has 1 aromatic carbocycles. The van der Waals surface area contributed by atoms with Gasteiger partial charge in [0.1, 0.15) is 6.54 Å². The van der Waals surface area contributed by atoms with Crippen LogP contribution in [0.3, 0.4) is 0 Å². The molecule has 0 aliphatic heterocycles. The van der Waals surface area contributed by atoms with Crippen LogP contribution in [0.4, 0.5) is 5.69 Å². The van der Waals surface area contributed by atoms with Crippen LogP contribution in [0.15, 0.2) is 24.3 Å². The van der Waals surface area contributed by atoms with Crippen LogP contribution in [0.5, 0.6) is 0 Å². The van der Waals surface area contributed by atoms with Gasteiger partial charge in [-0.15, -0.1) is 0 Å². The third kappa shape index (κ3) is 3.95. The molecule has 0 saturated heterocycles. The summed E-state index contributed by atoms with van der Waals surface area (Å²) in [5, 5.41) is 2.98. The summed E-state index contributed by atoms with van der Waals surface area (Å²) in [5.41, 5.74) is 0.929. The highest BCUT2D eigenvalue weighted by atomic mass is 127. The topological polar surface area (TPSA) is 38.3 Å². The van der Waals surface area contributed by atoms with Crippen molar-refractivity contribution in [3.63, 3.8) is 0 Å². The second-order valence-corrected chi connectivity index (χ2v) is 3.91. The van der Waals surface area contributed by atoms with E-state index in [1.165, 1.54) is 3.57 Å². The third-order valence-corrected chi connectivity index (χ3v) is 2.31. The third-order valence-electron chi connectivity index (χ3n) is 1.59. The Bertz CT molecular complexity index is 297. The first kappa shape index (κ1) is 11.3. The minimum atomic E-state index is -0.231. The number of nitrogens with one attached hydrogen (secondary N) is 1. The van der Waals surface area contributed by atoms with E-state index in [0.29, 0.717) is 6.61 Å². The first-order valence-electron chi connectivity index (χ1n) is 4.37. The molecule has 0 amide bonds. The Labute approximate surface area is 97.0 Å². The number of halogens is 1. The Morgan fingerprint density at radius 2 is 2.07 bits per heavy atom. The summed E-state index contributed by atoms with van der Waals surface area (Å²) < 4.78 is 5.96. The van der Waals surface area contributed by atoms with Gasteiger partial charge in [0.05, 0.1) is 6.61 Å². The van der Waals surface area contributed by atoms with Crippen LogP contribution in [-0.4, -0.2) is 19.1 Å². The summed E-state index contributed by atoms with van der Waals surface area (Å²) >= 11 is 2.23. The van der Waals surface area contributed by atoms with E-state index in [1.54, 1.807) is 6.92 Å². The largest absolute Gasteiger partial charge is 0.465 e. The maximum atomic E-state index is 11.0. The number of esters is 1. The molecule has 1 N–H and O–H groups in total. The summed E-state index contributed by atoms with van der Waals surface area (Å²) in [6, 6.07) is 7.82. The molecule has 0 saturated carbocycles. The average molecular weight is 305 g/mol. The highest BCUT2D eigenvalue weighted by molar-refractivity contribution is 14.1. The van der Waals surface area contributed by atoms with Crippen LogP contribution >= 0.6 is 22.6 Å². The van der Waals surface area contributed by atoms with Gasteiger partial charge in [-0.2, -0.15) is 0 Å². The predicted molar refractivity (Wildman–Crippen MR) is 64.3 cm³/mol. The van der Waals surface area contributed by atoms with Crippen LogP contribution in [0.25, 0.3) is 0 Å². The molecular formula is C10H12INO2. The van der Waals surface area contributed by atoms with Gasteiger partial charge in [0.25, 0.3) is 0 Å². The molecule has 0 spiro atoms. The van der Waals surface area contributed by atoms with Crippen molar-refractivity contribution in [2.75, 3.05) is 18.5 Å². The first-order chi connectivity index (χ1) is 6.72. The molecule has 1 aromatic rings. The number of rotatable bonds is 4. The Hall–Kier alpha value is -0.780. The van der Waals surface area contributed by atoms with E-state index < -0.39 is 0 Å². The smallest absolute Gasteiger partial charge is 0.325 e. The van der Waals surface area contributed by atoms with Crippen LogP contribution in [-0.2, 0) is 9.53 Å². The molecule has 0 fully saturated rings. The Kier molecular flexibility index (Phi) is 4.72. The number of ether oxygens (including phenoxy) is 1. The minimum Gasteiger partial charge on any atom is -0.465 e. The van der Waals surface area contributed by atoms with Crippen LogP contribution < -0.4 is 5.32 Å². The molecular weight excluding hydrogens is 293 g/mol. The summed E-state index contributed by atoms with van der Waals surface area (Å²) in [6.45, 7) is 2.43. The Morgan fingerprint density at radius 3 is 2.64 bits per heavy atom. The predicted octanol–water partition coefficient (Wildman–Crippen LogP) is 2.27. The van der Waals surface area contributed by atoms with Crippen LogP contribution in [0, 0.1) is 3.57 Å². The van der Waals surface area contributed by atoms with Crippen molar-refractivity contribution < 1.29 is 9.53 Å². The van der Waals surface area contributed by atoms with E-state index in [2.05, 4.69) is 27.9 Å². The van der Waals surface area contributed by atoms with E-state index >= 15 is 0 Å². The zero-order valence-electron chi connectivity index (χ0n) is 7.92. The van der Waals surface area contributed by atoms with Crippen molar-refractivity contribution in [1.29, 1.82) is 0 Å². The number of benzene rings is 1. The monoisotopic (exact) mass is 305 g/mol. The van der Waals surface area contributed by atoms with Gasteiger partial charge in [0.15, 0.2) is 0 Å². The molecule has 3 nitrogen and oxygen atoms in total. The molecule has 1 rings (SSSR count). The van der Waals surface area contributed by atoms with Crippen molar-refractivity contribution >= 4 is 34.2 Å². The van der Waals surface area contributed by atoms with Gasteiger partial charge in [-0.05, 0) is 53.8 Å². The number of anilines is 1. The first-order valence-corrected chi connectivity index (χ1v) is 5.45. The molecule has 0 heterocycles. The zero-order chi connectivity index (χ0) is 10.4. The zero-order valence-corrected chi connectivity index (χ0v) is 10.1. The molecule has 0 aromatic heterocycles. The maximum absolute atomic E-state index is 11.0. The van der Waals surface area contributed by atoms with Crippen molar-refractivity contribution in [3.05, 3.63) is 27.8 Å². The van der Waals surface area contributed by atoms with E-state index in [4.69, 9.17) is 4.74 Å². The van der Waals surface area contributed by atoms with Crippen LogP contribution in [0.2, 0.25) is 0 Å². The molecule has 0 aliphatic carbocycles. The van der Waals surface area contributed by atoms with E-state index in [0.717, 1.165) is 5.69 Å². The lowest BCUT2D eigenvalue weighted by molar-refractivity contribution is -0.140. The fraction of sp³-hybridized carbons (Fsp3) is 0.300.